The van der Waals surface area contributed by atoms with E-state index in [0.29, 0.717) is 81.9 Å². The lowest BCUT2D eigenvalue weighted by Gasteiger charge is -2.41. The lowest BCUT2D eigenvalue weighted by atomic mass is 9.87. The first-order valence-corrected chi connectivity index (χ1v) is 24.6. The highest BCUT2D eigenvalue weighted by Crippen LogP contribution is 2.31. The highest BCUT2D eigenvalue weighted by Gasteiger charge is 2.50. The van der Waals surface area contributed by atoms with Crippen LogP contribution in [-0.2, 0) is 57.6 Å². The molecular weight excluding hydrogens is 861 g/mol. The molecule has 2 aliphatic rings. The van der Waals surface area contributed by atoms with Gasteiger partial charge in [0.15, 0.2) is 17.3 Å². The first kappa shape index (κ1) is 53.6. The molecule has 5 rings (SSSR count). The molecule has 2 amide bonds. The van der Waals surface area contributed by atoms with Crippen molar-refractivity contribution in [2.45, 2.75) is 125 Å². The highest BCUT2D eigenvalue weighted by molar-refractivity contribution is 6.02. The van der Waals surface area contributed by atoms with Gasteiger partial charge in [-0.3, -0.25) is 33.8 Å². The van der Waals surface area contributed by atoms with Gasteiger partial charge >= 0.3 is 5.97 Å². The lowest BCUT2D eigenvalue weighted by molar-refractivity contribution is -0.940. The number of hydrogen-bond acceptors (Lipinski definition) is 10. The zero-order valence-corrected chi connectivity index (χ0v) is 41.6. The molecule has 2 N–H and O–H groups in total. The molecule has 2 heterocycles. The van der Waals surface area contributed by atoms with E-state index in [2.05, 4.69) is 15.6 Å². The second-order valence-corrected chi connectivity index (χ2v) is 20.0. The van der Waals surface area contributed by atoms with Gasteiger partial charge in [-0.05, 0) is 94.0 Å². The van der Waals surface area contributed by atoms with Crippen molar-refractivity contribution >= 4 is 40.8 Å². The van der Waals surface area contributed by atoms with E-state index in [4.69, 9.17) is 14.2 Å². The van der Waals surface area contributed by atoms with Crippen LogP contribution in [0.15, 0.2) is 83.9 Å². The van der Waals surface area contributed by atoms with Crippen LogP contribution in [0.25, 0.3) is 0 Å². The molecule has 3 aromatic rings. The Morgan fingerprint density at radius 2 is 1.35 bits per heavy atom. The van der Waals surface area contributed by atoms with E-state index < -0.39 is 41.4 Å². The molecular formula is C55H75N4O9+. The summed E-state index contributed by atoms with van der Waals surface area (Å²) in [4.78, 5) is 88.0. The van der Waals surface area contributed by atoms with Crippen LogP contribution in [-0.4, -0.2) is 109 Å². The van der Waals surface area contributed by atoms with Crippen LogP contribution in [0, 0.1) is 23.7 Å². The molecule has 0 aliphatic carbocycles. The minimum atomic E-state index is -0.931. The molecule has 0 bridgehead atoms. The summed E-state index contributed by atoms with van der Waals surface area (Å²) in [6, 6.07) is 23.3. The number of ketones is 3. The zero-order valence-electron chi connectivity index (χ0n) is 41.6. The van der Waals surface area contributed by atoms with Gasteiger partial charge in [-0.1, -0.05) is 88.4 Å². The molecule has 0 aromatic heterocycles. The van der Waals surface area contributed by atoms with Gasteiger partial charge in [-0.25, -0.2) is 0 Å². The van der Waals surface area contributed by atoms with Gasteiger partial charge in [0.05, 0.1) is 31.9 Å². The van der Waals surface area contributed by atoms with Gasteiger partial charge in [0.1, 0.15) is 37.5 Å². The zero-order chi connectivity index (χ0) is 49.4. The summed E-state index contributed by atoms with van der Waals surface area (Å²) in [5.41, 5.74) is 3.39. The Bertz CT molecular complexity index is 2210. The Morgan fingerprint density at radius 3 is 1.94 bits per heavy atom. The number of aryl methyl sites for hydroxylation is 1. The smallest absolute Gasteiger partial charge is 0.308 e. The van der Waals surface area contributed by atoms with Crippen LogP contribution in [0.1, 0.15) is 110 Å². The van der Waals surface area contributed by atoms with Crippen molar-refractivity contribution in [2.24, 2.45) is 28.7 Å². The second-order valence-electron chi connectivity index (χ2n) is 20.0. The van der Waals surface area contributed by atoms with Crippen LogP contribution < -0.4 is 15.4 Å². The summed E-state index contributed by atoms with van der Waals surface area (Å²) >= 11 is 0. The number of benzene rings is 3. The van der Waals surface area contributed by atoms with Gasteiger partial charge < -0.3 is 29.3 Å². The summed E-state index contributed by atoms with van der Waals surface area (Å²) in [6.45, 7) is 18.6. The number of esters is 1. The molecule has 2 saturated heterocycles. The van der Waals surface area contributed by atoms with E-state index in [9.17, 15) is 28.8 Å². The molecule has 3 aromatic carbocycles. The number of carbonyl (C=O) groups is 6. The summed E-state index contributed by atoms with van der Waals surface area (Å²) < 4.78 is 17.2. The topological polar surface area (TPSA) is 170 Å². The van der Waals surface area contributed by atoms with Crippen molar-refractivity contribution < 1.29 is 47.5 Å². The lowest BCUT2D eigenvalue weighted by Crippen LogP contribution is -2.57. The standard InChI is InChI=1S/C55H74N4O9/c1-9-56-39(6)47-31-43(21-23-51(47)68-40(7)60)34-59(24-26-66-27-25-59)35-46(61)32-44(22-20-41-16-12-10-13-17-41)53(64)57-48(28-37(2)3)50(62)33-45(30-42-18-14-11-15-19-42)54(65)58-49(29-38(4)5)52(63)55(8)36-67-55/h10-19,21,23,31,37-38,44-45,48-49H,9,20,22,24-30,32-36H2,1-8H3,(H-,57,58,64,65)/p+1/t44-,45-,48+,49+,55-/m1/s1. The average Bonchev–Trinajstić information content (AvgIpc) is 4.05. The van der Waals surface area contributed by atoms with Crippen molar-refractivity contribution in [1.82, 2.24) is 10.6 Å². The predicted molar refractivity (Wildman–Crippen MR) is 263 cm³/mol. The van der Waals surface area contributed by atoms with Crippen molar-refractivity contribution in [3.63, 3.8) is 0 Å². The highest BCUT2D eigenvalue weighted by atomic mass is 16.6. The number of ether oxygens (including phenoxy) is 3. The Labute approximate surface area is 403 Å². The normalized spacial score (nSPS) is 18.5. The molecule has 13 nitrogen and oxygen atoms in total. The quantitative estimate of drug-likeness (QED) is 0.0263. The fourth-order valence-electron chi connectivity index (χ4n) is 9.22. The number of aliphatic imine (C=N–C) groups is 1. The number of epoxide rings is 1. The summed E-state index contributed by atoms with van der Waals surface area (Å²) in [5, 5.41) is 6.10. The number of amides is 2. The first-order valence-electron chi connectivity index (χ1n) is 24.6. The van der Waals surface area contributed by atoms with E-state index in [1.165, 1.54) is 6.92 Å². The summed E-state index contributed by atoms with van der Waals surface area (Å²) in [6.07, 6.45) is 1.80. The van der Waals surface area contributed by atoms with Crippen LogP contribution in [0.3, 0.4) is 0 Å². The molecule has 5 atom stereocenters. The van der Waals surface area contributed by atoms with E-state index in [1.54, 1.807) is 13.0 Å². The monoisotopic (exact) mass is 936 g/mol. The van der Waals surface area contributed by atoms with Gasteiger partial charge in [0, 0.05) is 55.0 Å². The van der Waals surface area contributed by atoms with Crippen LogP contribution in [0.4, 0.5) is 0 Å². The van der Waals surface area contributed by atoms with Crippen molar-refractivity contribution in [3.05, 3.63) is 101 Å². The molecule has 0 spiro atoms. The third-order valence-electron chi connectivity index (χ3n) is 13.0. The average molecular weight is 936 g/mol. The fraction of sp³-hybridized carbons (Fsp3) is 0.545. The maximum atomic E-state index is 14.6. The third kappa shape index (κ3) is 16.4. The van der Waals surface area contributed by atoms with Gasteiger partial charge in [0.25, 0.3) is 0 Å². The molecule has 2 aliphatic heterocycles. The minimum absolute atomic E-state index is 0.0199. The Kier molecular flexibility index (Phi) is 19.9. The van der Waals surface area contributed by atoms with Crippen molar-refractivity contribution in [3.8, 4) is 5.75 Å². The Morgan fingerprint density at radius 1 is 0.765 bits per heavy atom. The molecule has 368 valence electrons. The maximum Gasteiger partial charge on any atom is 0.308 e. The molecule has 0 unspecified atom stereocenters. The number of Topliss-reactive ketones (excluding diaryl/α,β-unsaturated/α-hetero) is 3. The molecule has 2 fully saturated rings. The van der Waals surface area contributed by atoms with Gasteiger partial charge in [-0.2, -0.15) is 0 Å². The largest absolute Gasteiger partial charge is 0.426 e. The Balaban J connectivity index is 1.38. The second kappa shape index (κ2) is 25.3. The molecule has 68 heavy (non-hydrogen) atoms. The fourth-order valence-corrected chi connectivity index (χ4v) is 9.22. The number of morpholine rings is 1. The molecule has 0 saturated carbocycles. The predicted octanol–water partition coefficient (Wildman–Crippen LogP) is 7.23. The van der Waals surface area contributed by atoms with E-state index in [1.807, 2.05) is 114 Å². The summed E-state index contributed by atoms with van der Waals surface area (Å²) in [7, 11) is 0. The molecule has 13 heteroatoms. The van der Waals surface area contributed by atoms with Crippen molar-refractivity contribution in [2.75, 3.05) is 46.0 Å². The van der Waals surface area contributed by atoms with Crippen LogP contribution >= 0.6 is 0 Å². The van der Waals surface area contributed by atoms with Crippen molar-refractivity contribution in [1.29, 1.82) is 0 Å². The summed E-state index contributed by atoms with van der Waals surface area (Å²) in [5.74, 6) is -2.70. The number of nitrogens with zero attached hydrogens (tertiary/aromatic N) is 2. The minimum Gasteiger partial charge on any atom is -0.426 e. The van der Waals surface area contributed by atoms with Gasteiger partial charge in [0.2, 0.25) is 11.8 Å². The first-order chi connectivity index (χ1) is 32.4. The van der Waals surface area contributed by atoms with Crippen LogP contribution in [0.5, 0.6) is 5.75 Å². The van der Waals surface area contributed by atoms with E-state index in [-0.39, 0.29) is 60.9 Å². The van der Waals surface area contributed by atoms with E-state index in [0.717, 1.165) is 28.0 Å². The number of carbonyl (C=O) groups excluding carboxylic acids is 6. The van der Waals surface area contributed by atoms with Crippen LogP contribution in [0.2, 0.25) is 0 Å². The van der Waals surface area contributed by atoms with Gasteiger partial charge in [-0.15, -0.1) is 0 Å². The Hall–Kier alpha value is -5.37. The number of hydrogen-bond donors (Lipinski definition) is 2. The molecule has 0 radical (unpaired) electrons. The number of quaternary nitrogens is 1. The number of nitrogens with one attached hydrogen (secondary N) is 2. The third-order valence-corrected chi connectivity index (χ3v) is 13.0. The SMILES string of the molecule is CCN=C(C)c1cc(C[N+]2(CC(=O)C[C@@H](CCc3ccccc3)C(=O)N[C@@H](CC(C)C)C(=O)C[C@@H](Cc3ccccc3)C(=O)N[C@@H](CC(C)C)C(=O)[C@@]3(C)CO3)CCOCC2)ccc1OC(C)=O. The van der Waals surface area contributed by atoms with E-state index >= 15 is 0 Å². The maximum absolute atomic E-state index is 14.6. The number of rotatable bonds is 27.